The lowest BCUT2D eigenvalue weighted by Crippen LogP contribution is -2.14. The van der Waals surface area contributed by atoms with Gasteiger partial charge in [0.25, 0.3) is 0 Å². The molecule has 56 heavy (non-hydrogen) atoms. The lowest BCUT2D eigenvalue weighted by molar-refractivity contribution is -0.134. The van der Waals surface area contributed by atoms with Crippen molar-refractivity contribution in [2.24, 2.45) is 0 Å². The Labute approximate surface area is 322 Å². The molecule has 0 aromatic heterocycles. The Kier molecular flexibility index (Phi) is 12.2. The van der Waals surface area contributed by atoms with Crippen molar-refractivity contribution >= 4 is 57.4 Å². The molecule has 0 amide bonds. The Morgan fingerprint density at radius 2 is 0.714 bits per heavy atom. The van der Waals surface area contributed by atoms with Crippen molar-refractivity contribution in [3.8, 4) is 57.8 Å². The van der Waals surface area contributed by atoms with Crippen LogP contribution in [0, 0.1) is 36.5 Å². The first kappa shape index (κ1) is 41.9. The third-order valence-corrected chi connectivity index (χ3v) is 8.50. The van der Waals surface area contributed by atoms with Crippen molar-refractivity contribution < 1.29 is 57.2 Å². The highest BCUT2D eigenvalue weighted by molar-refractivity contribution is 6.11. The van der Waals surface area contributed by atoms with Crippen molar-refractivity contribution in [1.82, 2.24) is 0 Å². The van der Waals surface area contributed by atoms with Crippen LogP contribution in [-0.4, -0.2) is 35.8 Å². The minimum Gasteiger partial charge on any atom is -0.425 e. The maximum absolute atomic E-state index is 13.0. The number of aryl methyl sites for hydroxylation is 2. The van der Waals surface area contributed by atoms with Crippen molar-refractivity contribution in [1.29, 1.82) is 10.5 Å². The van der Waals surface area contributed by atoms with Crippen LogP contribution >= 0.6 is 0 Å². The molecule has 0 bridgehead atoms. The van der Waals surface area contributed by atoms with Gasteiger partial charge >= 0.3 is 35.8 Å². The minimum atomic E-state index is -0.838. The molecule has 0 spiro atoms. The smallest absolute Gasteiger partial charge is 0.308 e. The zero-order valence-corrected chi connectivity index (χ0v) is 33.1. The number of nitriles is 2. The molecule has 0 aliphatic rings. The van der Waals surface area contributed by atoms with Crippen molar-refractivity contribution in [2.45, 2.75) is 94.9 Å². The molecule has 0 radical (unpaired) electrons. The molecule has 0 atom stereocenters. The first-order valence-electron chi connectivity index (χ1n) is 17.4. The van der Waals surface area contributed by atoms with Gasteiger partial charge in [-0.15, -0.1) is 0 Å². The zero-order valence-electron chi connectivity index (χ0n) is 33.1. The molecule has 0 aliphatic heterocycles. The quantitative estimate of drug-likeness (QED) is 0.118. The van der Waals surface area contributed by atoms with Gasteiger partial charge in [-0.2, -0.15) is 10.5 Å². The van der Waals surface area contributed by atoms with Gasteiger partial charge < -0.3 is 28.4 Å². The van der Waals surface area contributed by atoms with E-state index in [-0.39, 0.29) is 67.5 Å². The van der Waals surface area contributed by atoms with Crippen LogP contribution in [0.25, 0.3) is 32.7 Å². The van der Waals surface area contributed by atoms with Crippen molar-refractivity contribution in [2.75, 3.05) is 0 Å². The van der Waals surface area contributed by atoms with E-state index in [1.807, 2.05) is 12.1 Å². The fourth-order valence-corrected chi connectivity index (χ4v) is 6.88. The summed E-state index contributed by atoms with van der Waals surface area (Å²) in [6, 6.07) is 7.40. The average molecular weight is 765 g/mol. The first-order valence-corrected chi connectivity index (χ1v) is 17.4. The van der Waals surface area contributed by atoms with E-state index in [1.54, 1.807) is 53.7 Å². The summed E-state index contributed by atoms with van der Waals surface area (Å²) < 4.78 is 34.2. The number of esters is 6. The molecule has 0 aliphatic carbocycles. The summed E-state index contributed by atoms with van der Waals surface area (Å²) in [4.78, 5) is 75.8. The molecule has 0 saturated heterocycles. The van der Waals surface area contributed by atoms with Crippen LogP contribution < -0.4 is 28.4 Å². The Morgan fingerprint density at radius 3 is 0.946 bits per heavy atom. The van der Waals surface area contributed by atoms with Gasteiger partial charge in [0.15, 0.2) is 23.0 Å². The third-order valence-electron chi connectivity index (χ3n) is 8.50. The standard InChI is InChI=1S/C42H40N2O12/c1-17(2)31-27-13-19(5)33(39(53-23(9)47)35(27)29(15-43)37(51-21(7)45)41(31)55-25(11)49)34-20(6)14-28-32(18(3)4)42(56-26(12)50)38(52-22(8)46)30(16-44)36(28)40(34)54-24(10)48/h13-14,17-18H,1-12H3. The molecule has 14 nitrogen and oxygen atoms in total. The molecule has 0 N–H and O–H groups in total. The monoisotopic (exact) mass is 764 g/mol. The highest BCUT2D eigenvalue weighted by Crippen LogP contribution is 2.56. The van der Waals surface area contributed by atoms with E-state index in [0.29, 0.717) is 33.0 Å². The van der Waals surface area contributed by atoms with E-state index in [2.05, 4.69) is 0 Å². The SMILES string of the molecule is CC(=O)Oc1c(OC(C)=O)c(C#N)c2c(OC(C)=O)c(-c3c(C)cc4c(C(C)C)c(OC(C)=O)c(OC(C)=O)c(C#N)c4c3OC(C)=O)c(C)cc2c1C(C)C. The molecule has 4 aromatic rings. The summed E-state index contributed by atoms with van der Waals surface area (Å²) in [5.41, 5.74) is 1.15. The van der Waals surface area contributed by atoms with Gasteiger partial charge in [-0.3, -0.25) is 28.8 Å². The number of ether oxygens (including phenoxy) is 6. The van der Waals surface area contributed by atoms with Gasteiger partial charge in [-0.25, -0.2) is 0 Å². The predicted octanol–water partition coefficient (Wildman–Crippen LogP) is 7.82. The van der Waals surface area contributed by atoms with Gasteiger partial charge in [-0.1, -0.05) is 39.8 Å². The zero-order chi connectivity index (χ0) is 42.1. The molecule has 0 saturated carbocycles. The fourth-order valence-electron chi connectivity index (χ4n) is 6.88. The Bertz CT molecular complexity index is 2320. The molecular formula is C42H40N2O12. The number of nitrogens with zero attached hydrogens (tertiary/aromatic N) is 2. The van der Waals surface area contributed by atoms with Crippen LogP contribution in [0.4, 0.5) is 0 Å². The number of benzene rings is 4. The lowest BCUT2D eigenvalue weighted by atomic mass is 9.83. The summed E-state index contributed by atoms with van der Waals surface area (Å²) in [5.74, 6) is -7.20. The van der Waals surface area contributed by atoms with Gasteiger partial charge in [0.2, 0.25) is 0 Å². The normalized spacial score (nSPS) is 10.9. The molecule has 4 rings (SSSR count). The largest absolute Gasteiger partial charge is 0.425 e. The highest BCUT2D eigenvalue weighted by Gasteiger charge is 2.35. The van der Waals surface area contributed by atoms with E-state index >= 15 is 0 Å². The molecule has 4 aromatic carbocycles. The van der Waals surface area contributed by atoms with E-state index in [9.17, 15) is 39.3 Å². The summed E-state index contributed by atoms with van der Waals surface area (Å²) in [6.45, 7) is 17.3. The molecule has 14 heteroatoms. The molecule has 290 valence electrons. The molecule has 0 heterocycles. The van der Waals surface area contributed by atoms with Crippen LogP contribution in [-0.2, 0) is 28.8 Å². The molecule has 0 unspecified atom stereocenters. The first-order chi connectivity index (χ1) is 26.2. The number of hydrogen-bond donors (Lipinski definition) is 0. The summed E-state index contributed by atoms with van der Waals surface area (Å²) in [5, 5.41) is 22.1. The van der Waals surface area contributed by atoms with Crippen LogP contribution in [0.3, 0.4) is 0 Å². The van der Waals surface area contributed by atoms with Crippen molar-refractivity contribution in [3.05, 3.63) is 45.5 Å². The Hall–Kier alpha value is -6.80. The van der Waals surface area contributed by atoms with Crippen LogP contribution in [0.5, 0.6) is 34.5 Å². The number of hydrogen-bond acceptors (Lipinski definition) is 14. The minimum absolute atomic E-state index is 0.00149. The number of rotatable bonds is 9. The third kappa shape index (κ3) is 7.86. The van der Waals surface area contributed by atoms with Crippen LogP contribution in [0.15, 0.2) is 12.1 Å². The topological polar surface area (TPSA) is 205 Å². The van der Waals surface area contributed by atoms with E-state index in [1.165, 1.54) is 0 Å². The van der Waals surface area contributed by atoms with E-state index < -0.39 is 47.7 Å². The van der Waals surface area contributed by atoms with Crippen LogP contribution in [0.2, 0.25) is 0 Å². The summed E-state index contributed by atoms with van der Waals surface area (Å²) in [6.07, 6.45) is 0. The molecule has 0 fully saturated rings. The van der Waals surface area contributed by atoms with Crippen LogP contribution in [0.1, 0.15) is 114 Å². The van der Waals surface area contributed by atoms with Crippen molar-refractivity contribution in [3.63, 3.8) is 0 Å². The van der Waals surface area contributed by atoms with E-state index in [4.69, 9.17) is 28.4 Å². The Morgan fingerprint density at radius 1 is 0.464 bits per heavy atom. The number of carbonyl (C=O) groups excluding carboxylic acids is 6. The molecular weight excluding hydrogens is 724 g/mol. The second-order valence-electron chi connectivity index (χ2n) is 13.6. The fraction of sp³-hybridized carbons (Fsp3) is 0.333. The Balaban J connectivity index is 2.49. The highest BCUT2D eigenvalue weighted by atomic mass is 16.6. The van der Waals surface area contributed by atoms with Gasteiger partial charge in [-0.05, 0) is 47.6 Å². The summed E-state index contributed by atoms with van der Waals surface area (Å²) >= 11 is 0. The second kappa shape index (κ2) is 16.3. The maximum atomic E-state index is 13.0. The van der Waals surface area contributed by atoms with Gasteiger partial charge in [0.05, 0.1) is 0 Å². The van der Waals surface area contributed by atoms with Gasteiger partial charge in [0.1, 0.15) is 34.8 Å². The average Bonchev–Trinajstić information content (AvgIpc) is 3.04. The predicted molar refractivity (Wildman–Crippen MR) is 202 cm³/mol. The lowest BCUT2D eigenvalue weighted by Gasteiger charge is -2.26. The maximum Gasteiger partial charge on any atom is 0.308 e. The second-order valence-corrected chi connectivity index (χ2v) is 13.6. The van der Waals surface area contributed by atoms with Gasteiger partial charge in [0, 0.05) is 74.6 Å². The number of carbonyl (C=O) groups is 6. The summed E-state index contributed by atoms with van der Waals surface area (Å²) in [7, 11) is 0. The number of fused-ring (bicyclic) bond motifs is 2. The van der Waals surface area contributed by atoms with E-state index in [0.717, 1.165) is 41.5 Å².